The lowest BCUT2D eigenvalue weighted by molar-refractivity contribution is -0.115. The molecule has 88 valence electrons. The van der Waals surface area contributed by atoms with Crippen molar-refractivity contribution in [3.8, 4) is 0 Å². The van der Waals surface area contributed by atoms with Crippen LogP contribution < -0.4 is 10.6 Å². The standard InChI is InChI=1S/C12H17BrN2O/c1-3-6-14-8-12(16)15-11-7-9(2)4-5-10(11)13/h4-5,7,14H,3,6,8H2,1-2H3,(H,15,16). The van der Waals surface area contributed by atoms with Crippen molar-refractivity contribution in [2.75, 3.05) is 18.4 Å². The van der Waals surface area contributed by atoms with Crippen LogP contribution in [-0.4, -0.2) is 19.0 Å². The zero-order valence-corrected chi connectivity index (χ0v) is 11.2. The third-order valence-electron chi connectivity index (χ3n) is 2.11. The summed E-state index contributed by atoms with van der Waals surface area (Å²) in [5.74, 6) is -0.0141. The molecular formula is C12H17BrN2O. The van der Waals surface area contributed by atoms with Gasteiger partial charge in [-0.05, 0) is 53.5 Å². The SMILES string of the molecule is CCCNCC(=O)Nc1cc(C)ccc1Br. The maximum absolute atomic E-state index is 11.6. The number of halogens is 1. The van der Waals surface area contributed by atoms with Gasteiger partial charge in [-0.15, -0.1) is 0 Å². The Labute approximate surface area is 105 Å². The summed E-state index contributed by atoms with van der Waals surface area (Å²) in [4.78, 5) is 11.6. The number of nitrogens with one attached hydrogen (secondary N) is 2. The molecule has 0 atom stereocenters. The van der Waals surface area contributed by atoms with Crippen LogP contribution in [0.5, 0.6) is 0 Å². The van der Waals surface area contributed by atoms with E-state index in [-0.39, 0.29) is 5.91 Å². The molecule has 1 aromatic carbocycles. The largest absolute Gasteiger partial charge is 0.324 e. The number of rotatable bonds is 5. The van der Waals surface area contributed by atoms with Gasteiger partial charge in [-0.2, -0.15) is 0 Å². The van der Waals surface area contributed by atoms with Crippen molar-refractivity contribution in [2.45, 2.75) is 20.3 Å². The Bertz CT molecular complexity index is 366. The molecular weight excluding hydrogens is 268 g/mol. The minimum atomic E-state index is -0.0141. The second-order valence-electron chi connectivity index (χ2n) is 3.71. The average molecular weight is 285 g/mol. The topological polar surface area (TPSA) is 41.1 Å². The first-order chi connectivity index (χ1) is 7.63. The van der Waals surface area contributed by atoms with Crippen molar-refractivity contribution < 1.29 is 4.79 Å². The Morgan fingerprint density at radius 2 is 2.19 bits per heavy atom. The van der Waals surface area contributed by atoms with Gasteiger partial charge >= 0.3 is 0 Å². The molecule has 0 saturated carbocycles. The molecule has 0 aliphatic heterocycles. The summed E-state index contributed by atoms with van der Waals surface area (Å²) in [7, 11) is 0. The molecule has 0 radical (unpaired) electrons. The second-order valence-corrected chi connectivity index (χ2v) is 4.56. The molecule has 0 heterocycles. The number of hydrogen-bond acceptors (Lipinski definition) is 2. The Morgan fingerprint density at radius 3 is 2.88 bits per heavy atom. The number of anilines is 1. The number of aryl methyl sites for hydroxylation is 1. The fourth-order valence-corrected chi connectivity index (χ4v) is 1.65. The molecule has 16 heavy (non-hydrogen) atoms. The zero-order valence-electron chi connectivity index (χ0n) is 9.64. The fourth-order valence-electron chi connectivity index (χ4n) is 1.31. The summed E-state index contributed by atoms with van der Waals surface area (Å²) in [5.41, 5.74) is 1.95. The van der Waals surface area contributed by atoms with E-state index in [0.717, 1.165) is 28.7 Å². The fraction of sp³-hybridized carbons (Fsp3) is 0.417. The maximum Gasteiger partial charge on any atom is 0.238 e. The molecule has 0 bridgehead atoms. The third kappa shape index (κ3) is 4.33. The van der Waals surface area contributed by atoms with Crippen LogP contribution in [0.2, 0.25) is 0 Å². The van der Waals surface area contributed by atoms with Crippen LogP contribution in [0.4, 0.5) is 5.69 Å². The molecule has 0 unspecified atom stereocenters. The number of hydrogen-bond donors (Lipinski definition) is 2. The molecule has 0 spiro atoms. The van der Waals surface area contributed by atoms with Crippen molar-refractivity contribution in [1.82, 2.24) is 5.32 Å². The molecule has 0 fully saturated rings. The van der Waals surface area contributed by atoms with Gasteiger partial charge in [-0.3, -0.25) is 4.79 Å². The molecule has 0 aromatic heterocycles. The van der Waals surface area contributed by atoms with Crippen molar-refractivity contribution in [3.63, 3.8) is 0 Å². The van der Waals surface area contributed by atoms with Crippen LogP contribution in [0.1, 0.15) is 18.9 Å². The van der Waals surface area contributed by atoms with Crippen LogP contribution >= 0.6 is 15.9 Å². The molecule has 3 nitrogen and oxygen atoms in total. The predicted octanol–water partition coefficient (Wildman–Crippen LogP) is 2.70. The minimum Gasteiger partial charge on any atom is -0.324 e. The lowest BCUT2D eigenvalue weighted by atomic mass is 10.2. The molecule has 0 aliphatic rings. The van der Waals surface area contributed by atoms with E-state index >= 15 is 0 Å². The van der Waals surface area contributed by atoms with E-state index in [0.29, 0.717) is 6.54 Å². The van der Waals surface area contributed by atoms with Crippen molar-refractivity contribution in [3.05, 3.63) is 28.2 Å². The summed E-state index contributed by atoms with van der Waals surface area (Å²) in [5, 5.41) is 5.92. The van der Waals surface area contributed by atoms with Crippen LogP contribution in [0.25, 0.3) is 0 Å². The van der Waals surface area contributed by atoms with Gasteiger partial charge < -0.3 is 10.6 Å². The van der Waals surface area contributed by atoms with Crippen molar-refractivity contribution >= 4 is 27.5 Å². The van der Waals surface area contributed by atoms with Crippen molar-refractivity contribution in [2.24, 2.45) is 0 Å². The average Bonchev–Trinajstić information content (AvgIpc) is 2.24. The first-order valence-electron chi connectivity index (χ1n) is 5.40. The lowest BCUT2D eigenvalue weighted by Gasteiger charge is -2.08. The highest BCUT2D eigenvalue weighted by Gasteiger charge is 2.04. The third-order valence-corrected chi connectivity index (χ3v) is 2.80. The highest BCUT2D eigenvalue weighted by Crippen LogP contribution is 2.22. The first-order valence-corrected chi connectivity index (χ1v) is 6.19. The van der Waals surface area contributed by atoms with Gasteiger partial charge in [-0.1, -0.05) is 13.0 Å². The summed E-state index contributed by atoms with van der Waals surface area (Å²) in [6.07, 6.45) is 1.03. The highest BCUT2D eigenvalue weighted by molar-refractivity contribution is 9.10. The molecule has 4 heteroatoms. The summed E-state index contributed by atoms with van der Waals surface area (Å²) < 4.78 is 0.905. The van der Waals surface area contributed by atoms with E-state index in [1.54, 1.807) is 0 Å². The minimum absolute atomic E-state index is 0.0141. The second kappa shape index (κ2) is 6.66. The quantitative estimate of drug-likeness (QED) is 0.817. The maximum atomic E-state index is 11.6. The predicted molar refractivity (Wildman–Crippen MR) is 70.7 cm³/mol. The van der Waals surface area contributed by atoms with Gasteiger partial charge in [0.05, 0.1) is 12.2 Å². The number of benzene rings is 1. The summed E-state index contributed by atoms with van der Waals surface area (Å²) in [6, 6.07) is 5.88. The molecule has 1 rings (SSSR count). The van der Waals surface area contributed by atoms with Crippen LogP contribution in [0.15, 0.2) is 22.7 Å². The van der Waals surface area contributed by atoms with E-state index in [2.05, 4.69) is 33.5 Å². The number of carbonyl (C=O) groups is 1. The van der Waals surface area contributed by atoms with Gasteiger partial charge in [0.15, 0.2) is 0 Å². The van der Waals surface area contributed by atoms with Crippen molar-refractivity contribution in [1.29, 1.82) is 0 Å². The molecule has 0 aliphatic carbocycles. The molecule has 0 saturated heterocycles. The van der Waals surface area contributed by atoms with Gasteiger partial charge in [0, 0.05) is 4.47 Å². The monoisotopic (exact) mass is 284 g/mol. The van der Waals surface area contributed by atoms with Gasteiger partial charge in [0.2, 0.25) is 5.91 Å². The highest BCUT2D eigenvalue weighted by atomic mass is 79.9. The molecule has 1 amide bonds. The summed E-state index contributed by atoms with van der Waals surface area (Å²) >= 11 is 3.41. The Morgan fingerprint density at radius 1 is 1.44 bits per heavy atom. The Hall–Kier alpha value is -0.870. The lowest BCUT2D eigenvalue weighted by Crippen LogP contribution is -2.28. The number of amides is 1. The van der Waals surface area contributed by atoms with E-state index in [9.17, 15) is 4.79 Å². The Kier molecular flexibility index (Phi) is 5.49. The molecule has 1 aromatic rings. The van der Waals surface area contributed by atoms with E-state index < -0.39 is 0 Å². The van der Waals surface area contributed by atoms with Crippen LogP contribution in [0, 0.1) is 6.92 Å². The Balaban J connectivity index is 2.52. The molecule has 2 N–H and O–H groups in total. The van der Waals surface area contributed by atoms with Crippen LogP contribution in [-0.2, 0) is 4.79 Å². The van der Waals surface area contributed by atoms with Gasteiger partial charge in [0.1, 0.15) is 0 Å². The van der Waals surface area contributed by atoms with E-state index in [1.165, 1.54) is 0 Å². The van der Waals surface area contributed by atoms with Gasteiger partial charge in [0.25, 0.3) is 0 Å². The smallest absolute Gasteiger partial charge is 0.238 e. The van der Waals surface area contributed by atoms with Gasteiger partial charge in [-0.25, -0.2) is 0 Å². The number of carbonyl (C=O) groups excluding carboxylic acids is 1. The van der Waals surface area contributed by atoms with E-state index in [1.807, 2.05) is 25.1 Å². The zero-order chi connectivity index (χ0) is 12.0. The first kappa shape index (κ1) is 13.2. The van der Waals surface area contributed by atoms with Crippen LogP contribution in [0.3, 0.4) is 0 Å². The normalized spacial score (nSPS) is 10.2. The van der Waals surface area contributed by atoms with E-state index in [4.69, 9.17) is 0 Å². The summed E-state index contributed by atoms with van der Waals surface area (Å²) in [6.45, 7) is 5.29.